The molecule has 1 aromatic heterocycles. The minimum atomic E-state index is -0.311. The number of hydrazone groups is 1. The molecule has 2 N–H and O–H groups in total. The van der Waals surface area contributed by atoms with Crippen LogP contribution in [0.4, 0.5) is 0 Å². The summed E-state index contributed by atoms with van der Waals surface area (Å²) in [6, 6.07) is 16.1. The predicted molar refractivity (Wildman–Crippen MR) is 100 cm³/mol. The minimum absolute atomic E-state index is 0.110. The van der Waals surface area contributed by atoms with E-state index in [0.717, 1.165) is 17.0 Å². The number of aryl methyl sites for hydroxylation is 2. The Hall–Kier alpha value is -3.41. The average molecular weight is 348 g/mol. The highest BCUT2D eigenvalue weighted by Gasteiger charge is 2.06. The molecule has 1 amide bonds. The van der Waals surface area contributed by atoms with E-state index >= 15 is 0 Å². The van der Waals surface area contributed by atoms with Gasteiger partial charge in [-0.15, -0.1) is 0 Å². The first-order valence-electron chi connectivity index (χ1n) is 8.24. The van der Waals surface area contributed by atoms with Gasteiger partial charge < -0.3 is 5.11 Å². The molecule has 0 spiro atoms. The molecule has 2 aromatic carbocycles. The topological polar surface area (TPSA) is 79.5 Å². The van der Waals surface area contributed by atoms with E-state index in [0.29, 0.717) is 17.7 Å². The van der Waals surface area contributed by atoms with E-state index < -0.39 is 0 Å². The van der Waals surface area contributed by atoms with Gasteiger partial charge in [-0.25, -0.2) is 5.43 Å². The maximum absolute atomic E-state index is 12.1. The molecule has 3 rings (SSSR count). The smallest absolute Gasteiger partial charge is 0.271 e. The second kappa shape index (κ2) is 7.65. The van der Waals surface area contributed by atoms with Crippen molar-refractivity contribution in [1.29, 1.82) is 0 Å². The van der Waals surface area contributed by atoms with Crippen LogP contribution in [0.1, 0.15) is 32.9 Å². The molecular weight excluding hydrogens is 328 g/mol. The number of phenols is 1. The first-order chi connectivity index (χ1) is 12.5. The van der Waals surface area contributed by atoms with Gasteiger partial charge in [-0.2, -0.15) is 10.2 Å². The third-order valence-electron chi connectivity index (χ3n) is 3.96. The molecule has 0 radical (unpaired) electrons. The van der Waals surface area contributed by atoms with Gasteiger partial charge >= 0.3 is 0 Å². The molecule has 3 aromatic rings. The first kappa shape index (κ1) is 17.4. The van der Waals surface area contributed by atoms with Gasteiger partial charge in [0.15, 0.2) is 0 Å². The van der Waals surface area contributed by atoms with Crippen molar-refractivity contribution in [3.05, 3.63) is 82.7 Å². The molecule has 0 saturated carbocycles. The maximum atomic E-state index is 12.1. The van der Waals surface area contributed by atoms with Crippen LogP contribution < -0.4 is 5.43 Å². The zero-order chi connectivity index (χ0) is 18.5. The van der Waals surface area contributed by atoms with Gasteiger partial charge in [0.2, 0.25) is 0 Å². The zero-order valence-electron chi connectivity index (χ0n) is 14.7. The number of phenolic OH excluding ortho intramolecular Hbond substituents is 1. The number of hydrogen-bond donors (Lipinski definition) is 2. The van der Waals surface area contributed by atoms with E-state index in [2.05, 4.69) is 15.6 Å². The van der Waals surface area contributed by atoms with E-state index in [1.54, 1.807) is 36.4 Å². The van der Waals surface area contributed by atoms with Gasteiger partial charge in [0.25, 0.3) is 5.91 Å². The van der Waals surface area contributed by atoms with E-state index in [4.69, 9.17) is 0 Å². The SMILES string of the molecule is Cc1cc(C)n(Cc2ccc(C(=O)N/N=C/c3ccccc3O)cc2)n1. The summed E-state index contributed by atoms with van der Waals surface area (Å²) in [7, 11) is 0. The number of carbonyl (C=O) groups is 1. The highest BCUT2D eigenvalue weighted by molar-refractivity contribution is 5.95. The molecule has 0 aliphatic rings. The summed E-state index contributed by atoms with van der Waals surface area (Å²) in [5, 5.41) is 18.0. The van der Waals surface area contributed by atoms with Crippen molar-refractivity contribution >= 4 is 12.1 Å². The Kier molecular flexibility index (Phi) is 5.12. The number of nitrogens with zero attached hydrogens (tertiary/aromatic N) is 3. The van der Waals surface area contributed by atoms with Gasteiger partial charge in [-0.3, -0.25) is 9.48 Å². The van der Waals surface area contributed by atoms with Crippen LogP contribution in [-0.2, 0) is 6.54 Å². The van der Waals surface area contributed by atoms with E-state index in [1.165, 1.54) is 6.21 Å². The fraction of sp³-hybridized carbons (Fsp3) is 0.150. The Bertz CT molecular complexity index is 943. The summed E-state index contributed by atoms with van der Waals surface area (Å²) >= 11 is 0. The monoisotopic (exact) mass is 348 g/mol. The van der Waals surface area contributed by atoms with E-state index in [9.17, 15) is 9.90 Å². The van der Waals surface area contributed by atoms with Gasteiger partial charge in [-0.05, 0) is 49.7 Å². The summed E-state index contributed by atoms with van der Waals surface area (Å²) in [6.07, 6.45) is 1.41. The molecule has 132 valence electrons. The van der Waals surface area contributed by atoms with E-state index in [-0.39, 0.29) is 11.7 Å². The van der Waals surface area contributed by atoms with Crippen molar-refractivity contribution < 1.29 is 9.90 Å². The van der Waals surface area contributed by atoms with E-state index in [1.807, 2.05) is 36.7 Å². The van der Waals surface area contributed by atoms with Crippen LogP contribution in [0.15, 0.2) is 59.7 Å². The molecule has 6 heteroatoms. The highest BCUT2D eigenvalue weighted by atomic mass is 16.3. The third-order valence-corrected chi connectivity index (χ3v) is 3.96. The second-order valence-electron chi connectivity index (χ2n) is 6.04. The summed E-state index contributed by atoms with van der Waals surface area (Å²) in [5.41, 5.74) is 6.65. The molecule has 0 atom stereocenters. The quantitative estimate of drug-likeness (QED) is 0.549. The van der Waals surface area contributed by atoms with Crippen LogP contribution in [0, 0.1) is 13.8 Å². The molecule has 0 bridgehead atoms. The Morgan fingerprint density at radius 2 is 1.92 bits per heavy atom. The summed E-state index contributed by atoms with van der Waals surface area (Å²) < 4.78 is 1.93. The second-order valence-corrected chi connectivity index (χ2v) is 6.04. The number of para-hydroxylation sites is 1. The molecular formula is C20H20N4O2. The number of aromatic nitrogens is 2. The van der Waals surface area contributed by atoms with Gasteiger partial charge in [0, 0.05) is 16.8 Å². The Labute approximate surface area is 151 Å². The van der Waals surface area contributed by atoms with Crippen LogP contribution in [0.2, 0.25) is 0 Å². The molecule has 26 heavy (non-hydrogen) atoms. The van der Waals surface area contributed by atoms with Crippen molar-refractivity contribution in [2.75, 3.05) is 0 Å². The largest absolute Gasteiger partial charge is 0.507 e. The van der Waals surface area contributed by atoms with Crippen LogP contribution in [0.5, 0.6) is 5.75 Å². The Morgan fingerprint density at radius 3 is 2.58 bits per heavy atom. The lowest BCUT2D eigenvalue weighted by Crippen LogP contribution is -2.17. The average Bonchev–Trinajstić information content (AvgIpc) is 2.94. The lowest BCUT2D eigenvalue weighted by molar-refractivity contribution is 0.0955. The number of nitrogens with one attached hydrogen (secondary N) is 1. The normalized spacial score (nSPS) is 11.0. The number of carbonyl (C=O) groups excluding carboxylic acids is 1. The molecule has 0 aliphatic carbocycles. The molecule has 0 unspecified atom stereocenters. The summed E-state index contributed by atoms with van der Waals surface area (Å²) in [4.78, 5) is 12.1. The Morgan fingerprint density at radius 1 is 1.19 bits per heavy atom. The first-order valence-corrected chi connectivity index (χ1v) is 8.24. The predicted octanol–water partition coefficient (Wildman–Crippen LogP) is 3.02. The minimum Gasteiger partial charge on any atom is -0.507 e. The van der Waals surface area contributed by atoms with Crippen molar-refractivity contribution in [2.24, 2.45) is 5.10 Å². The number of rotatable bonds is 5. The number of aromatic hydroxyl groups is 1. The van der Waals surface area contributed by atoms with Crippen molar-refractivity contribution in [3.63, 3.8) is 0 Å². The molecule has 6 nitrogen and oxygen atoms in total. The van der Waals surface area contributed by atoms with Gasteiger partial charge in [0.05, 0.1) is 18.5 Å². The maximum Gasteiger partial charge on any atom is 0.271 e. The zero-order valence-corrected chi connectivity index (χ0v) is 14.7. The fourth-order valence-corrected chi connectivity index (χ4v) is 2.59. The molecule has 0 saturated heterocycles. The number of benzene rings is 2. The van der Waals surface area contributed by atoms with Crippen LogP contribution in [0.25, 0.3) is 0 Å². The fourth-order valence-electron chi connectivity index (χ4n) is 2.59. The summed E-state index contributed by atoms with van der Waals surface area (Å²) in [6.45, 7) is 4.64. The molecule has 0 fully saturated rings. The lowest BCUT2D eigenvalue weighted by atomic mass is 10.1. The van der Waals surface area contributed by atoms with Crippen LogP contribution in [-0.4, -0.2) is 27.0 Å². The molecule has 0 aliphatic heterocycles. The van der Waals surface area contributed by atoms with Crippen molar-refractivity contribution in [2.45, 2.75) is 20.4 Å². The highest BCUT2D eigenvalue weighted by Crippen LogP contribution is 2.12. The van der Waals surface area contributed by atoms with Gasteiger partial charge in [0.1, 0.15) is 5.75 Å². The lowest BCUT2D eigenvalue weighted by Gasteiger charge is -2.06. The summed E-state index contributed by atoms with van der Waals surface area (Å²) in [5.74, 6) is -0.201. The van der Waals surface area contributed by atoms with Gasteiger partial charge in [-0.1, -0.05) is 24.3 Å². The van der Waals surface area contributed by atoms with Crippen molar-refractivity contribution in [3.8, 4) is 5.75 Å². The standard InChI is InChI=1S/C20H20N4O2/c1-14-11-15(2)24(23-14)13-16-7-9-17(10-8-16)20(26)22-21-12-18-5-3-4-6-19(18)25/h3-12,25H,13H2,1-2H3,(H,22,26)/b21-12+. The molecule has 1 heterocycles. The van der Waals surface area contributed by atoms with Crippen molar-refractivity contribution in [1.82, 2.24) is 15.2 Å². The Balaban J connectivity index is 1.62. The number of amides is 1. The third kappa shape index (κ3) is 4.16. The van der Waals surface area contributed by atoms with Crippen LogP contribution >= 0.6 is 0 Å². The number of hydrogen-bond acceptors (Lipinski definition) is 4. The van der Waals surface area contributed by atoms with Crippen LogP contribution in [0.3, 0.4) is 0 Å².